The molecule has 3 aromatic rings. The zero-order valence-corrected chi connectivity index (χ0v) is 23.9. The molecule has 208 valence electrons. The molecule has 0 radical (unpaired) electrons. The van der Waals surface area contributed by atoms with E-state index < -0.39 is 28.5 Å². The minimum Gasteiger partial charge on any atom is -0.495 e. The van der Waals surface area contributed by atoms with Gasteiger partial charge in [0.05, 0.1) is 17.7 Å². The van der Waals surface area contributed by atoms with Crippen LogP contribution < -0.4 is 14.4 Å². The summed E-state index contributed by atoms with van der Waals surface area (Å²) in [4.78, 5) is 28.3. The topological polar surface area (TPSA) is 96.0 Å². The van der Waals surface area contributed by atoms with Crippen LogP contribution in [-0.2, 0) is 26.2 Å². The quantitative estimate of drug-likeness (QED) is 0.295. The van der Waals surface area contributed by atoms with E-state index in [-0.39, 0.29) is 23.0 Å². The number of nitrogens with one attached hydrogen (secondary N) is 1. The number of rotatable bonds is 13. The largest absolute Gasteiger partial charge is 0.495 e. The van der Waals surface area contributed by atoms with Gasteiger partial charge in [-0.15, -0.1) is 0 Å². The number of anilines is 1. The summed E-state index contributed by atoms with van der Waals surface area (Å²) in [5.41, 5.74) is 0.958. The van der Waals surface area contributed by atoms with Crippen LogP contribution in [0.25, 0.3) is 0 Å². The number of carbonyl (C=O) groups is 2. The van der Waals surface area contributed by atoms with Crippen LogP contribution in [-0.4, -0.2) is 51.4 Å². The Balaban J connectivity index is 2.02. The van der Waals surface area contributed by atoms with Gasteiger partial charge in [0.25, 0.3) is 10.0 Å². The van der Waals surface area contributed by atoms with E-state index in [4.69, 9.17) is 16.3 Å². The highest BCUT2D eigenvalue weighted by Gasteiger charge is 2.33. The van der Waals surface area contributed by atoms with Crippen LogP contribution in [0.15, 0.2) is 83.8 Å². The summed E-state index contributed by atoms with van der Waals surface area (Å²) in [7, 11) is -2.74. The number of benzene rings is 3. The Morgan fingerprint density at radius 2 is 1.62 bits per heavy atom. The van der Waals surface area contributed by atoms with Crippen molar-refractivity contribution in [3.8, 4) is 5.75 Å². The van der Waals surface area contributed by atoms with Crippen molar-refractivity contribution in [2.24, 2.45) is 0 Å². The van der Waals surface area contributed by atoms with Gasteiger partial charge >= 0.3 is 0 Å². The molecule has 0 saturated heterocycles. The van der Waals surface area contributed by atoms with Gasteiger partial charge < -0.3 is 15.0 Å². The molecule has 2 amide bonds. The monoisotopic (exact) mass is 571 g/mol. The Kier molecular flexibility index (Phi) is 10.8. The van der Waals surface area contributed by atoms with Crippen molar-refractivity contribution >= 4 is 39.1 Å². The molecule has 0 spiro atoms. The summed E-state index contributed by atoms with van der Waals surface area (Å²) in [6.07, 6.45) is 1.72. The van der Waals surface area contributed by atoms with E-state index in [0.29, 0.717) is 17.3 Å². The molecule has 3 aromatic carbocycles. The average Bonchev–Trinajstić information content (AvgIpc) is 2.95. The SMILES string of the molecule is CCCCNC(=O)[C@H](C)N(Cc1ccc(Cl)cc1)C(=O)CN(c1ccccc1OC)S(=O)(=O)c1ccccc1. The third-order valence-corrected chi connectivity index (χ3v) is 8.25. The lowest BCUT2D eigenvalue weighted by Gasteiger charge is -2.32. The molecule has 3 rings (SSSR count). The molecule has 39 heavy (non-hydrogen) atoms. The fourth-order valence-electron chi connectivity index (χ4n) is 3.97. The summed E-state index contributed by atoms with van der Waals surface area (Å²) in [6.45, 7) is 3.68. The number of sulfonamides is 1. The number of carbonyl (C=O) groups excluding carboxylic acids is 2. The maximum Gasteiger partial charge on any atom is 0.264 e. The predicted molar refractivity (Wildman–Crippen MR) is 153 cm³/mol. The van der Waals surface area contributed by atoms with Crippen molar-refractivity contribution in [2.75, 3.05) is 24.5 Å². The first-order valence-electron chi connectivity index (χ1n) is 12.7. The fraction of sp³-hybridized carbons (Fsp3) is 0.310. The van der Waals surface area contributed by atoms with Gasteiger partial charge in [-0.1, -0.05) is 67.4 Å². The molecule has 10 heteroatoms. The number of methoxy groups -OCH3 is 1. The zero-order valence-electron chi connectivity index (χ0n) is 22.3. The molecule has 0 aliphatic carbocycles. The lowest BCUT2D eigenvalue weighted by atomic mass is 10.1. The Morgan fingerprint density at radius 3 is 2.26 bits per heavy atom. The van der Waals surface area contributed by atoms with Crippen molar-refractivity contribution in [1.29, 1.82) is 0 Å². The van der Waals surface area contributed by atoms with Gasteiger partial charge in [0, 0.05) is 18.1 Å². The third kappa shape index (κ3) is 7.74. The first-order chi connectivity index (χ1) is 18.7. The molecule has 0 aromatic heterocycles. The Bertz CT molecular complexity index is 1350. The predicted octanol–water partition coefficient (Wildman–Crippen LogP) is 4.88. The molecule has 0 heterocycles. The first-order valence-corrected chi connectivity index (χ1v) is 14.5. The first kappa shape index (κ1) is 30.0. The number of hydrogen-bond acceptors (Lipinski definition) is 5. The average molecular weight is 572 g/mol. The normalized spacial score (nSPS) is 11.9. The van der Waals surface area contributed by atoms with Crippen LogP contribution in [0.3, 0.4) is 0 Å². The molecular formula is C29H34ClN3O5S. The second kappa shape index (κ2) is 14.0. The molecule has 0 fully saturated rings. The number of ether oxygens (including phenoxy) is 1. The van der Waals surface area contributed by atoms with Crippen LogP contribution in [0.2, 0.25) is 5.02 Å². The van der Waals surface area contributed by atoms with Gasteiger partial charge in [-0.05, 0) is 55.3 Å². The van der Waals surface area contributed by atoms with E-state index >= 15 is 0 Å². The van der Waals surface area contributed by atoms with Crippen molar-refractivity contribution in [3.05, 3.63) is 89.4 Å². The standard InChI is InChI=1S/C29H34ClN3O5S/c1-4-5-19-31-29(35)22(2)32(20-23-15-17-24(30)18-16-23)28(34)21-33(26-13-9-10-14-27(26)38-3)39(36,37)25-11-7-6-8-12-25/h6-18,22H,4-5,19-21H2,1-3H3,(H,31,35)/t22-/m0/s1. The van der Waals surface area contributed by atoms with Crippen LogP contribution in [0.1, 0.15) is 32.3 Å². The highest BCUT2D eigenvalue weighted by atomic mass is 35.5. The summed E-state index contributed by atoms with van der Waals surface area (Å²) < 4.78 is 34.1. The van der Waals surface area contributed by atoms with Crippen LogP contribution in [0.4, 0.5) is 5.69 Å². The van der Waals surface area contributed by atoms with Gasteiger partial charge in [0.15, 0.2) is 0 Å². The summed E-state index contributed by atoms with van der Waals surface area (Å²) in [5.74, 6) is -0.576. The fourth-order valence-corrected chi connectivity index (χ4v) is 5.55. The molecule has 1 atom stereocenters. The number of nitrogens with zero attached hydrogens (tertiary/aromatic N) is 2. The van der Waals surface area contributed by atoms with E-state index in [9.17, 15) is 18.0 Å². The Labute approximate surface area is 235 Å². The Morgan fingerprint density at radius 1 is 0.974 bits per heavy atom. The third-order valence-electron chi connectivity index (χ3n) is 6.23. The van der Waals surface area contributed by atoms with E-state index in [0.717, 1.165) is 22.7 Å². The highest BCUT2D eigenvalue weighted by Crippen LogP contribution is 2.32. The van der Waals surface area contributed by atoms with Crippen molar-refractivity contribution in [3.63, 3.8) is 0 Å². The maximum absolute atomic E-state index is 13.9. The van der Waals surface area contributed by atoms with Crippen molar-refractivity contribution < 1.29 is 22.7 Å². The lowest BCUT2D eigenvalue weighted by molar-refractivity contribution is -0.139. The van der Waals surface area contributed by atoms with Gasteiger partial charge in [-0.25, -0.2) is 8.42 Å². The van der Waals surface area contributed by atoms with E-state index in [1.54, 1.807) is 73.7 Å². The molecular weight excluding hydrogens is 538 g/mol. The van der Waals surface area contributed by atoms with Gasteiger partial charge in [-0.3, -0.25) is 13.9 Å². The number of halogens is 1. The highest BCUT2D eigenvalue weighted by molar-refractivity contribution is 7.92. The van der Waals surface area contributed by atoms with E-state index in [1.807, 2.05) is 6.92 Å². The lowest BCUT2D eigenvalue weighted by Crippen LogP contribution is -2.51. The molecule has 0 unspecified atom stereocenters. The number of unbranched alkanes of at least 4 members (excludes halogenated alkanes) is 1. The zero-order chi connectivity index (χ0) is 28.4. The second-order valence-electron chi connectivity index (χ2n) is 8.97. The maximum atomic E-state index is 13.9. The smallest absolute Gasteiger partial charge is 0.264 e. The second-order valence-corrected chi connectivity index (χ2v) is 11.3. The van der Waals surface area contributed by atoms with Gasteiger partial charge in [0.1, 0.15) is 18.3 Å². The van der Waals surface area contributed by atoms with E-state index in [1.165, 1.54) is 24.1 Å². The summed E-state index contributed by atoms with van der Waals surface area (Å²) in [5, 5.41) is 3.41. The van der Waals surface area contributed by atoms with Gasteiger partial charge in [-0.2, -0.15) is 0 Å². The van der Waals surface area contributed by atoms with Gasteiger partial charge in [0.2, 0.25) is 11.8 Å². The molecule has 0 bridgehead atoms. The van der Waals surface area contributed by atoms with Crippen LogP contribution in [0.5, 0.6) is 5.75 Å². The van der Waals surface area contributed by atoms with Crippen molar-refractivity contribution in [1.82, 2.24) is 10.2 Å². The molecule has 0 aliphatic heterocycles. The van der Waals surface area contributed by atoms with Crippen molar-refractivity contribution in [2.45, 2.75) is 44.2 Å². The van der Waals surface area contributed by atoms with E-state index in [2.05, 4.69) is 5.32 Å². The molecule has 0 aliphatic rings. The summed E-state index contributed by atoms with van der Waals surface area (Å²) >= 11 is 6.04. The number of para-hydroxylation sites is 2. The number of amides is 2. The summed E-state index contributed by atoms with van der Waals surface area (Å²) in [6, 6.07) is 20.6. The molecule has 1 N–H and O–H groups in total. The molecule has 0 saturated carbocycles. The Hall–Kier alpha value is -3.56. The minimum absolute atomic E-state index is 0.0262. The van der Waals surface area contributed by atoms with Crippen LogP contribution >= 0.6 is 11.6 Å². The minimum atomic E-state index is -4.17. The molecule has 8 nitrogen and oxygen atoms in total. The van der Waals surface area contributed by atoms with Crippen LogP contribution in [0, 0.1) is 0 Å². The number of hydrogen-bond donors (Lipinski definition) is 1.